The number of nitrogens with zero attached hydrogens (tertiary/aromatic N) is 4. The standard InChI is InChI=1S/C28H45N4O3Si/c1-19-16-24(32-20(2)12-13-21(32)3)29-17-22(19)30-14-15-31(26(33)34-28(7,8)9)23(18-30)25(27(4,5)6)35-36(10)11/h12-13,16-17,23,25H,14-15,18H2,1-11H3/t23-,25?/m1/s1. The molecule has 1 fully saturated rings. The van der Waals surface area contributed by atoms with Crippen molar-refractivity contribution in [1.82, 2.24) is 14.5 Å². The van der Waals surface area contributed by atoms with E-state index in [9.17, 15) is 4.79 Å². The molecule has 7 nitrogen and oxygen atoms in total. The molecule has 0 N–H and O–H groups in total. The van der Waals surface area contributed by atoms with Crippen LogP contribution in [0.25, 0.3) is 5.82 Å². The summed E-state index contributed by atoms with van der Waals surface area (Å²) in [5, 5.41) is 0. The van der Waals surface area contributed by atoms with Gasteiger partial charge in [-0.25, -0.2) is 9.78 Å². The molecule has 0 bridgehead atoms. The zero-order valence-corrected chi connectivity index (χ0v) is 25.1. The number of amides is 1. The van der Waals surface area contributed by atoms with Gasteiger partial charge in [0.2, 0.25) is 9.04 Å². The van der Waals surface area contributed by atoms with E-state index < -0.39 is 14.6 Å². The topological polar surface area (TPSA) is 59.8 Å². The number of carbonyl (C=O) groups excluding carboxylic acids is 1. The third-order valence-electron chi connectivity index (χ3n) is 6.52. The highest BCUT2D eigenvalue weighted by atomic mass is 28.3. The molecular formula is C28H45N4O3Si. The van der Waals surface area contributed by atoms with Gasteiger partial charge < -0.3 is 18.6 Å². The Morgan fingerprint density at radius 1 is 1.06 bits per heavy atom. The second kappa shape index (κ2) is 10.6. The van der Waals surface area contributed by atoms with Crippen LogP contribution in [0.3, 0.4) is 0 Å². The number of piperazine rings is 1. The first-order valence-electron chi connectivity index (χ1n) is 12.9. The molecule has 8 heteroatoms. The molecule has 2 aromatic rings. The third kappa shape index (κ3) is 6.51. The van der Waals surface area contributed by atoms with Crippen molar-refractivity contribution in [1.29, 1.82) is 0 Å². The lowest BCUT2D eigenvalue weighted by atomic mass is 9.83. The first-order valence-corrected chi connectivity index (χ1v) is 15.3. The highest BCUT2D eigenvalue weighted by Gasteiger charge is 2.43. The molecule has 0 aliphatic carbocycles. The maximum Gasteiger partial charge on any atom is 0.410 e. The monoisotopic (exact) mass is 513 g/mol. The SMILES string of the molecule is Cc1cc(-n2c(C)ccc2C)ncc1N1CCN(C(=O)OC(C)(C)C)[C@@H](C(O[Si](C)C)C(C)(C)C)C1. The summed E-state index contributed by atoms with van der Waals surface area (Å²) >= 11 is 0. The van der Waals surface area contributed by atoms with E-state index in [0.717, 1.165) is 11.5 Å². The molecule has 1 unspecified atom stereocenters. The molecule has 1 aliphatic heterocycles. The molecule has 1 aliphatic rings. The molecule has 3 rings (SSSR count). The Bertz CT molecular complexity index is 1050. The van der Waals surface area contributed by atoms with Crippen molar-refractivity contribution < 1.29 is 14.0 Å². The lowest BCUT2D eigenvalue weighted by Crippen LogP contribution is -2.63. The molecule has 36 heavy (non-hydrogen) atoms. The van der Waals surface area contributed by atoms with Crippen LogP contribution in [-0.2, 0) is 9.16 Å². The zero-order valence-electron chi connectivity index (χ0n) is 24.1. The van der Waals surface area contributed by atoms with Crippen molar-refractivity contribution in [2.24, 2.45) is 5.41 Å². The van der Waals surface area contributed by atoms with Gasteiger partial charge in [0.25, 0.3) is 0 Å². The van der Waals surface area contributed by atoms with Gasteiger partial charge in [-0.15, -0.1) is 0 Å². The van der Waals surface area contributed by atoms with Crippen LogP contribution in [0, 0.1) is 26.2 Å². The van der Waals surface area contributed by atoms with E-state index >= 15 is 0 Å². The second-order valence-electron chi connectivity index (χ2n) is 12.3. The van der Waals surface area contributed by atoms with Gasteiger partial charge in [0.05, 0.1) is 24.0 Å². The Balaban J connectivity index is 1.95. The summed E-state index contributed by atoms with van der Waals surface area (Å²) in [7, 11) is -0.987. The molecule has 0 spiro atoms. The van der Waals surface area contributed by atoms with Crippen LogP contribution in [0.5, 0.6) is 0 Å². The molecule has 199 valence electrons. The van der Waals surface area contributed by atoms with E-state index in [1.807, 2.05) is 31.9 Å². The quantitative estimate of drug-likeness (QED) is 0.466. The van der Waals surface area contributed by atoms with Crippen LogP contribution >= 0.6 is 0 Å². The average Bonchev–Trinajstić information content (AvgIpc) is 3.07. The summed E-state index contributed by atoms with van der Waals surface area (Å²) in [5.41, 5.74) is 3.91. The third-order valence-corrected chi connectivity index (χ3v) is 7.25. The predicted octanol–water partition coefficient (Wildman–Crippen LogP) is 5.91. The first kappa shape index (κ1) is 28.3. The lowest BCUT2D eigenvalue weighted by Gasteiger charge is -2.49. The van der Waals surface area contributed by atoms with Gasteiger partial charge in [0, 0.05) is 31.0 Å². The van der Waals surface area contributed by atoms with Crippen LogP contribution in [0.15, 0.2) is 24.4 Å². The van der Waals surface area contributed by atoms with E-state index in [0.29, 0.717) is 19.6 Å². The van der Waals surface area contributed by atoms with Gasteiger partial charge >= 0.3 is 6.09 Å². The highest BCUT2D eigenvalue weighted by molar-refractivity contribution is 6.48. The second-order valence-corrected chi connectivity index (χ2v) is 14.3. The van der Waals surface area contributed by atoms with E-state index in [1.165, 1.54) is 17.0 Å². The average molecular weight is 514 g/mol. The fourth-order valence-electron chi connectivity index (χ4n) is 4.94. The fourth-order valence-corrected chi connectivity index (χ4v) is 5.96. The van der Waals surface area contributed by atoms with Gasteiger partial charge in [-0.2, -0.15) is 0 Å². The van der Waals surface area contributed by atoms with E-state index in [2.05, 4.69) is 82.3 Å². The normalized spacial score (nSPS) is 18.1. The molecule has 3 heterocycles. The predicted molar refractivity (Wildman–Crippen MR) is 149 cm³/mol. The largest absolute Gasteiger partial charge is 0.444 e. The van der Waals surface area contributed by atoms with E-state index in [1.54, 1.807) is 0 Å². The molecule has 0 aromatic carbocycles. The minimum atomic E-state index is -0.987. The van der Waals surface area contributed by atoms with E-state index in [-0.39, 0.29) is 23.7 Å². The molecular weight excluding hydrogens is 468 g/mol. The van der Waals surface area contributed by atoms with Crippen molar-refractivity contribution in [2.75, 3.05) is 24.5 Å². The Morgan fingerprint density at radius 2 is 1.67 bits per heavy atom. The van der Waals surface area contributed by atoms with Gasteiger partial charge in [-0.3, -0.25) is 4.90 Å². The van der Waals surface area contributed by atoms with Gasteiger partial charge in [-0.05, 0) is 83.8 Å². The minimum absolute atomic E-state index is 0.116. The van der Waals surface area contributed by atoms with Gasteiger partial charge in [0.1, 0.15) is 11.4 Å². The van der Waals surface area contributed by atoms with Crippen LogP contribution in [0.2, 0.25) is 13.1 Å². The number of anilines is 1. The molecule has 1 saturated heterocycles. The Morgan fingerprint density at radius 3 is 2.17 bits per heavy atom. The summed E-state index contributed by atoms with van der Waals surface area (Å²) in [6.07, 6.45) is 1.59. The number of carbonyl (C=O) groups is 1. The van der Waals surface area contributed by atoms with E-state index in [4.69, 9.17) is 14.1 Å². The Kier molecular flexibility index (Phi) is 8.30. The molecule has 0 saturated carbocycles. The Labute approximate surface area is 219 Å². The highest BCUT2D eigenvalue weighted by Crippen LogP contribution is 2.33. The van der Waals surface area contributed by atoms with Crippen LogP contribution < -0.4 is 4.90 Å². The number of pyridine rings is 1. The number of ether oxygens (including phenoxy) is 1. The number of aromatic nitrogens is 2. The van der Waals surface area contributed by atoms with Crippen molar-refractivity contribution in [3.8, 4) is 5.82 Å². The summed E-state index contributed by atoms with van der Waals surface area (Å²) in [4.78, 5) is 22.4. The zero-order chi connectivity index (χ0) is 27.0. The molecule has 1 amide bonds. The van der Waals surface area contributed by atoms with Crippen LogP contribution in [-0.4, -0.2) is 67.0 Å². The van der Waals surface area contributed by atoms with Gasteiger partial charge in [0.15, 0.2) is 0 Å². The van der Waals surface area contributed by atoms with Crippen molar-refractivity contribution in [3.63, 3.8) is 0 Å². The summed E-state index contributed by atoms with van der Waals surface area (Å²) in [5.74, 6) is 0.931. The lowest BCUT2D eigenvalue weighted by molar-refractivity contribution is -0.0289. The summed E-state index contributed by atoms with van der Waals surface area (Å²) in [6.45, 7) is 24.9. The molecule has 2 atom stereocenters. The Hall–Kier alpha value is -2.32. The van der Waals surface area contributed by atoms with Crippen molar-refractivity contribution >= 4 is 20.8 Å². The fraction of sp³-hybridized carbons (Fsp3) is 0.643. The van der Waals surface area contributed by atoms with Crippen molar-refractivity contribution in [3.05, 3.63) is 41.3 Å². The first-order chi connectivity index (χ1) is 16.6. The molecule has 1 radical (unpaired) electrons. The number of hydrogen-bond acceptors (Lipinski definition) is 5. The van der Waals surface area contributed by atoms with Crippen LogP contribution in [0.1, 0.15) is 58.5 Å². The maximum atomic E-state index is 13.3. The molecule has 2 aromatic heterocycles. The van der Waals surface area contributed by atoms with Crippen molar-refractivity contribution in [2.45, 2.75) is 93.2 Å². The number of hydrogen-bond donors (Lipinski definition) is 0. The smallest absolute Gasteiger partial charge is 0.410 e. The number of rotatable bonds is 5. The number of aryl methyl sites for hydroxylation is 3. The van der Waals surface area contributed by atoms with Crippen LogP contribution in [0.4, 0.5) is 10.5 Å². The summed E-state index contributed by atoms with van der Waals surface area (Å²) in [6, 6.07) is 6.25. The summed E-state index contributed by atoms with van der Waals surface area (Å²) < 4.78 is 14.6. The maximum absolute atomic E-state index is 13.3. The van der Waals surface area contributed by atoms with Gasteiger partial charge in [-0.1, -0.05) is 20.8 Å². The minimum Gasteiger partial charge on any atom is -0.444 e.